The van der Waals surface area contributed by atoms with Crippen LogP contribution in [0.2, 0.25) is 5.02 Å². The molecule has 0 aliphatic rings. The molecule has 90 valence electrons. The Labute approximate surface area is 103 Å². The van der Waals surface area contributed by atoms with Crippen molar-refractivity contribution in [2.24, 2.45) is 0 Å². The second kappa shape index (κ2) is 4.21. The number of hydrogen-bond acceptors (Lipinski definition) is 4. The summed E-state index contributed by atoms with van der Waals surface area (Å²) in [5.74, 6) is 0.354. The molecular formula is C10H12ClN5O. The van der Waals surface area contributed by atoms with Gasteiger partial charge in [-0.15, -0.1) is 5.10 Å². The average Bonchev–Trinajstić information content (AvgIpc) is 2.59. The van der Waals surface area contributed by atoms with E-state index in [0.717, 1.165) is 0 Å². The number of nitrogens with zero attached hydrogens (tertiary/aromatic N) is 4. The Balaban J connectivity index is 2.60. The second-order valence-corrected chi connectivity index (χ2v) is 4.27. The Hall–Kier alpha value is -1.82. The van der Waals surface area contributed by atoms with E-state index in [1.807, 2.05) is 13.8 Å². The van der Waals surface area contributed by atoms with E-state index >= 15 is 0 Å². The molecule has 0 spiro atoms. The van der Waals surface area contributed by atoms with Crippen LogP contribution in [0.1, 0.15) is 19.9 Å². The van der Waals surface area contributed by atoms with Gasteiger partial charge in [-0.3, -0.25) is 4.79 Å². The largest absolute Gasteiger partial charge is 0.381 e. The number of nitrogens with two attached hydrogens (primary N) is 1. The molecule has 0 saturated heterocycles. The van der Waals surface area contributed by atoms with Crippen LogP contribution < -0.4 is 11.3 Å². The first kappa shape index (κ1) is 11.7. The molecule has 0 amide bonds. The van der Waals surface area contributed by atoms with Gasteiger partial charge in [-0.2, -0.15) is 0 Å². The molecule has 2 N–H and O–H groups in total. The molecule has 0 aromatic carbocycles. The molecule has 0 bridgehead atoms. The normalized spacial score (nSPS) is 11.1. The van der Waals surface area contributed by atoms with Crippen LogP contribution >= 0.6 is 11.6 Å². The van der Waals surface area contributed by atoms with Gasteiger partial charge in [0.1, 0.15) is 5.02 Å². The monoisotopic (exact) mass is 253 g/mol. The van der Waals surface area contributed by atoms with E-state index in [1.54, 1.807) is 17.0 Å². The zero-order valence-electron chi connectivity index (χ0n) is 9.46. The van der Waals surface area contributed by atoms with Crippen LogP contribution in [0.3, 0.4) is 0 Å². The molecule has 7 heteroatoms. The molecule has 0 saturated carbocycles. The van der Waals surface area contributed by atoms with Gasteiger partial charge in [-0.1, -0.05) is 11.6 Å². The zero-order valence-corrected chi connectivity index (χ0v) is 10.2. The van der Waals surface area contributed by atoms with Crippen molar-refractivity contribution >= 4 is 17.4 Å². The summed E-state index contributed by atoms with van der Waals surface area (Å²) < 4.78 is 2.85. The number of rotatable bonds is 2. The van der Waals surface area contributed by atoms with Crippen LogP contribution in [-0.2, 0) is 0 Å². The van der Waals surface area contributed by atoms with E-state index in [-0.39, 0.29) is 23.2 Å². The van der Waals surface area contributed by atoms with E-state index in [9.17, 15) is 4.79 Å². The van der Waals surface area contributed by atoms with Crippen LogP contribution in [0.15, 0.2) is 23.4 Å². The highest BCUT2D eigenvalue weighted by Gasteiger charge is 2.12. The summed E-state index contributed by atoms with van der Waals surface area (Å²) in [5.41, 5.74) is 5.29. The fourth-order valence-electron chi connectivity index (χ4n) is 1.45. The molecule has 0 aliphatic heterocycles. The maximum absolute atomic E-state index is 12.1. The fraction of sp³-hybridized carbons (Fsp3) is 0.300. The summed E-state index contributed by atoms with van der Waals surface area (Å²) in [7, 11) is 0. The number of hydrogen-bond donors (Lipinski definition) is 1. The lowest BCUT2D eigenvalue weighted by atomic mass is 10.4. The van der Waals surface area contributed by atoms with Crippen molar-refractivity contribution in [2.45, 2.75) is 19.9 Å². The van der Waals surface area contributed by atoms with Crippen molar-refractivity contribution in [3.63, 3.8) is 0 Å². The van der Waals surface area contributed by atoms with Crippen LogP contribution in [-0.4, -0.2) is 19.3 Å². The standard InChI is InChI=1S/C10H12ClN5O/c1-6(2)15-4-3-13-9(10(15)17)16-5-7(11)8(12)14-16/h3-6H,1-2H3,(H2,12,14). The Morgan fingerprint density at radius 3 is 2.71 bits per heavy atom. The van der Waals surface area contributed by atoms with Crippen molar-refractivity contribution in [3.8, 4) is 5.82 Å². The third kappa shape index (κ3) is 2.03. The Kier molecular flexibility index (Phi) is 2.89. The molecule has 0 radical (unpaired) electrons. The Morgan fingerprint density at radius 2 is 2.18 bits per heavy atom. The Bertz CT molecular complexity index is 581. The molecule has 0 unspecified atom stereocenters. The van der Waals surface area contributed by atoms with Crippen LogP contribution in [0, 0.1) is 0 Å². The van der Waals surface area contributed by atoms with Crippen molar-refractivity contribution in [3.05, 3.63) is 34.0 Å². The highest BCUT2D eigenvalue weighted by Crippen LogP contribution is 2.16. The average molecular weight is 254 g/mol. The molecule has 17 heavy (non-hydrogen) atoms. The van der Waals surface area contributed by atoms with E-state index < -0.39 is 0 Å². The molecule has 0 fully saturated rings. The summed E-state index contributed by atoms with van der Waals surface area (Å²) in [6.07, 6.45) is 4.64. The summed E-state index contributed by atoms with van der Waals surface area (Å²) in [4.78, 5) is 16.1. The lowest BCUT2D eigenvalue weighted by Crippen LogP contribution is -2.26. The van der Waals surface area contributed by atoms with Gasteiger partial charge in [0.05, 0.1) is 6.20 Å². The quantitative estimate of drug-likeness (QED) is 0.874. The number of anilines is 1. The summed E-state index contributed by atoms with van der Waals surface area (Å²) in [6, 6.07) is 0.0487. The van der Waals surface area contributed by atoms with Gasteiger partial charge >= 0.3 is 0 Å². The van der Waals surface area contributed by atoms with E-state index in [1.165, 1.54) is 10.9 Å². The van der Waals surface area contributed by atoms with Crippen LogP contribution in [0.4, 0.5) is 5.82 Å². The summed E-state index contributed by atoms with van der Waals surface area (Å²) in [5, 5.41) is 4.23. The molecule has 2 heterocycles. The molecule has 0 atom stereocenters. The Morgan fingerprint density at radius 1 is 1.47 bits per heavy atom. The van der Waals surface area contributed by atoms with Gasteiger partial charge in [-0.25, -0.2) is 9.67 Å². The second-order valence-electron chi connectivity index (χ2n) is 3.86. The van der Waals surface area contributed by atoms with Crippen molar-refractivity contribution in [1.82, 2.24) is 19.3 Å². The zero-order chi connectivity index (χ0) is 12.6. The maximum Gasteiger partial charge on any atom is 0.295 e. The van der Waals surface area contributed by atoms with Gasteiger partial charge in [0, 0.05) is 18.4 Å². The van der Waals surface area contributed by atoms with Crippen molar-refractivity contribution in [2.75, 3.05) is 5.73 Å². The smallest absolute Gasteiger partial charge is 0.295 e. The fourth-order valence-corrected chi connectivity index (χ4v) is 1.58. The number of halogens is 1. The predicted molar refractivity (Wildman–Crippen MR) is 65.4 cm³/mol. The minimum Gasteiger partial charge on any atom is -0.381 e. The minimum atomic E-state index is -0.235. The lowest BCUT2D eigenvalue weighted by Gasteiger charge is -2.10. The van der Waals surface area contributed by atoms with Gasteiger partial charge in [0.15, 0.2) is 5.82 Å². The summed E-state index contributed by atoms with van der Waals surface area (Å²) in [6.45, 7) is 3.82. The molecule has 6 nitrogen and oxygen atoms in total. The topological polar surface area (TPSA) is 78.7 Å². The third-order valence-electron chi connectivity index (χ3n) is 2.32. The van der Waals surface area contributed by atoms with E-state index in [2.05, 4.69) is 10.1 Å². The predicted octanol–water partition coefficient (Wildman–Crippen LogP) is 1.25. The first-order chi connectivity index (χ1) is 8.00. The van der Waals surface area contributed by atoms with Crippen molar-refractivity contribution < 1.29 is 0 Å². The summed E-state index contributed by atoms with van der Waals surface area (Å²) >= 11 is 5.79. The lowest BCUT2D eigenvalue weighted by molar-refractivity contribution is 0.567. The van der Waals surface area contributed by atoms with Crippen LogP contribution in [0.5, 0.6) is 0 Å². The SMILES string of the molecule is CC(C)n1ccnc(-n2cc(Cl)c(N)n2)c1=O. The molecular weight excluding hydrogens is 242 g/mol. The minimum absolute atomic E-state index is 0.0487. The van der Waals surface area contributed by atoms with Gasteiger partial charge < -0.3 is 10.3 Å². The molecule has 2 rings (SSSR count). The first-order valence-electron chi connectivity index (χ1n) is 5.09. The van der Waals surface area contributed by atoms with Gasteiger partial charge in [0.25, 0.3) is 5.56 Å². The van der Waals surface area contributed by atoms with Gasteiger partial charge in [-0.05, 0) is 13.8 Å². The third-order valence-corrected chi connectivity index (χ3v) is 2.61. The highest BCUT2D eigenvalue weighted by atomic mass is 35.5. The maximum atomic E-state index is 12.1. The number of aromatic nitrogens is 4. The van der Waals surface area contributed by atoms with E-state index in [0.29, 0.717) is 5.02 Å². The van der Waals surface area contributed by atoms with Gasteiger partial charge in [0.2, 0.25) is 5.82 Å². The van der Waals surface area contributed by atoms with E-state index in [4.69, 9.17) is 17.3 Å². The first-order valence-corrected chi connectivity index (χ1v) is 5.46. The molecule has 0 aliphatic carbocycles. The van der Waals surface area contributed by atoms with Crippen molar-refractivity contribution in [1.29, 1.82) is 0 Å². The molecule has 2 aromatic rings. The highest BCUT2D eigenvalue weighted by molar-refractivity contribution is 6.32. The molecule has 2 aromatic heterocycles. The van der Waals surface area contributed by atoms with Crippen LogP contribution in [0.25, 0.3) is 5.82 Å². The number of nitrogen functional groups attached to an aromatic ring is 1.